The second kappa shape index (κ2) is 14.3. The second-order valence-electron chi connectivity index (χ2n) is 9.74. The molecular formula is C32H30Cl2N2O5S2. The number of amides is 1. The molecule has 0 saturated carbocycles. The molecule has 0 fully saturated rings. The number of carbonyl (C=O) groups is 2. The smallest absolute Gasteiger partial charge is 0.326 e. The monoisotopic (exact) mass is 656 g/mol. The summed E-state index contributed by atoms with van der Waals surface area (Å²) in [5.74, 6) is -1.07. The number of hydrogen-bond acceptors (Lipinski definition) is 5. The molecule has 0 spiro atoms. The summed E-state index contributed by atoms with van der Waals surface area (Å²) in [5.41, 5.74) is 3.49. The lowest BCUT2D eigenvalue weighted by atomic mass is 9.93. The Balaban J connectivity index is 1.81. The summed E-state index contributed by atoms with van der Waals surface area (Å²) in [4.78, 5) is 25.2. The summed E-state index contributed by atoms with van der Waals surface area (Å²) in [6.07, 6.45) is 2.14. The zero-order chi connectivity index (χ0) is 31.1. The summed E-state index contributed by atoms with van der Waals surface area (Å²) >= 11 is 14.0. The lowest BCUT2D eigenvalue weighted by Gasteiger charge is -2.26. The van der Waals surface area contributed by atoms with Gasteiger partial charge >= 0.3 is 5.97 Å². The Bertz CT molecular complexity index is 1730. The average Bonchev–Trinajstić information content (AvgIpc) is 2.99. The molecule has 0 heterocycles. The fourth-order valence-electron chi connectivity index (χ4n) is 4.59. The molecule has 224 valence electrons. The van der Waals surface area contributed by atoms with Gasteiger partial charge in [0, 0.05) is 5.56 Å². The Hall–Kier alpha value is -3.50. The first-order valence-electron chi connectivity index (χ1n) is 13.3. The molecule has 4 rings (SSSR count). The normalized spacial score (nSPS) is 12.0. The van der Waals surface area contributed by atoms with Crippen molar-refractivity contribution in [3.8, 4) is 11.1 Å². The third-order valence-electron chi connectivity index (χ3n) is 6.83. The highest BCUT2D eigenvalue weighted by Crippen LogP contribution is 2.35. The number of nitrogens with zero attached hydrogens (tertiary/aromatic N) is 1. The van der Waals surface area contributed by atoms with E-state index in [9.17, 15) is 23.1 Å². The molecule has 4 aromatic rings. The number of carboxylic acids is 1. The number of thioether (sulfide) groups is 1. The van der Waals surface area contributed by atoms with Gasteiger partial charge in [0.15, 0.2) is 0 Å². The molecule has 4 aromatic carbocycles. The summed E-state index contributed by atoms with van der Waals surface area (Å²) < 4.78 is 29.3. The lowest BCUT2D eigenvalue weighted by molar-refractivity contribution is -0.139. The van der Waals surface area contributed by atoms with Gasteiger partial charge in [-0.25, -0.2) is 13.2 Å². The molecule has 1 unspecified atom stereocenters. The van der Waals surface area contributed by atoms with Gasteiger partial charge in [0.05, 0.1) is 22.3 Å². The molecular weight excluding hydrogens is 627 g/mol. The quantitative estimate of drug-likeness (QED) is 0.166. The third-order valence-corrected chi connectivity index (χ3v) is 10.2. The van der Waals surface area contributed by atoms with E-state index in [1.165, 1.54) is 34.3 Å². The van der Waals surface area contributed by atoms with E-state index >= 15 is 0 Å². The number of rotatable bonds is 12. The van der Waals surface area contributed by atoms with Crippen LogP contribution in [0.3, 0.4) is 0 Å². The van der Waals surface area contributed by atoms with Gasteiger partial charge in [0.2, 0.25) is 0 Å². The predicted octanol–water partition coefficient (Wildman–Crippen LogP) is 7.30. The maximum absolute atomic E-state index is 14.0. The van der Waals surface area contributed by atoms with Crippen LogP contribution in [-0.2, 0) is 21.4 Å². The number of para-hydroxylation sites is 1. The first-order chi connectivity index (χ1) is 20.5. The van der Waals surface area contributed by atoms with Crippen molar-refractivity contribution in [3.05, 3.63) is 118 Å². The van der Waals surface area contributed by atoms with Crippen LogP contribution in [0.4, 0.5) is 5.69 Å². The van der Waals surface area contributed by atoms with Gasteiger partial charge in [0.25, 0.3) is 15.9 Å². The Morgan fingerprint density at radius 1 is 0.930 bits per heavy atom. The number of aliphatic carboxylic acids is 1. The van der Waals surface area contributed by atoms with E-state index in [-0.39, 0.29) is 33.5 Å². The molecule has 11 heteroatoms. The van der Waals surface area contributed by atoms with Gasteiger partial charge in [-0.1, -0.05) is 77.8 Å². The highest BCUT2D eigenvalue weighted by atomic mass is 35.5. The van der Waals surface area contributed by atoms with Crippen LogP contribution in [0.5, 0.6) is 0 Å². The Kier molecular flexibility index (Phi) is 10.8. The standard InChI is InChI=1S/C32H30Cl2N2O5S2/c1-21-9-6-7-12-24(21)26-19-22(15-16-25(26)31(37)35-28(32(38)39)17-18-42-2)20-36(23-10-4-3-5-11-23)43(40,41)29-14-8-13-27(33)30(29)34/h3-16,19,28H,17-18,20H2,1-2H3,(H,35,37)(H,38,39). The molecule has 1 amide bonds. The van der Waals surface area contributed by atoms with Crippen molar-refractivity contribution >= 4 is 62.6 Å². The molecule has 0 bridgehead atoms. The molecule has 0 saturated heterocycles. The molecule has 0 aliphatic heterocycles. The van der Waals surface area contributed by atoms with Crippen molar-refractivity contribution in [1.29, 1.82) is 0 Å². The summed E-state index contributed by atoms with van der Waals surface area (Å²) in [6.45, 7) is 1.82. The minimum Gasteiger partial charge on any atom is -0.480 e. The minimum absolute atomic E-state index is 0.0767. The van der Waals surface area contributed by atoms with Crippen LogP contribution in [-0.4, -0.2) is 43.5 Å². The highest BCUT2D eigenvalue weighted by molar-refractivity contribution is 7.98. The van der Waals surface area contributed by atoms with E-state index in [0.717, 1.165) is 11.1 Å². The fraction of sp³-hybridized carbons (Fsp3) is 0.188. The minimum atomic E-state index is -4.18. The molecule has 0 aromatic heterocycles. The molecule has 43 heavy (non-hydrogen) atoms. The molecule has 0 aliphatic rings. The van der Waals surface area contributed by atoms with Crippen molar-refractivity contribution < 1.29 is 23.1 Å². The zero-order valence-electron chi connectivity index (χ0n) is 23.5. The first kappa shape index (κ1) is 32.4. The maximum atomic E-state index is 14.0. The lowest BCUT2D eigenvalue weighted by Crippen LogP contribution is -2.41. The van der Waals surface area contributed by atoms with Crippen LogP contribution < -0.4 is 9.62 Å². The Morgan fingerprint density at radius 3 is 2.30 bits per heavy atom. The van der Waals surface area contributed by atoms with Crippen LogP contribution in [0.1, 0.15) is 27.9 Å². The zero-order valence-corrected chi connectivity index (χ0v) is 26.6. The van der Waals surface area contributed by atoms with Crippen LogP contribution in [0.15, 0.2) is 95.9 Å². The van der Waals surface area contributed by atoms with Gasteiger partial charge < -0.3 is 10.4 Å². The number of anilines is 1. The Labute approximate surface area is 265 Å². The van der Waals surface area contributed by atoms with Crippen LogP contribution in [0, 0.1) is 6.92 Å². The van der Waals surface area contributed by atoms with E-state index in [2.05, 4.69) is 5.32 Å². The molecule has 2 N–H and O–H groups in total. The second-order valence-corrected chi connectivity index (χ2v) is 13.3. The fourth-order valence-corrected chi connectivity index (χ4v) is 7.25. The predicted molar refractivity (Wildman–Crippen MR) is 175 cm³/mol. The SMILES string of the molecule is CSCCC(NC(=O)c1ccc(CN(c2ccccc2)S(=O)(=O)c2cccc(Cl)c2Cl)cc1-c1ccccc1C)C(=O)O. The maximum Gasteiger partial charge on any atom is 0.326 e. The number of nitrogens with one attached hydrogen (secondary N) is 1. The van der Waals surface area contributed by atoms with E-state index in [0.29, 0.717) is 22.6 Å². The molecule has 1 atom stereocenters. The number of carbonyl (C=O) groups excluding carboxylic acids is 1. The number of hydrogen-bond donors (Lipinski definition) is 2. The van der Waals surface area contributed by atoms with Gasteiger partial charge in [0.1, 0.15) is 10.9 Å². The molecule has 0 aliphatic carbocycles. The van der Waals surface area contributed by atoms with Gasteiger partial charge in [-0.2, -0.15) is 11.8 Å². The summed E-state index contributed by atoms with van der Waals surface area (Å²) in [5, 5.41) is 12.4. The van der Waals surface area contributed by atoms with Crippen LogP contribution in [0.2, 0.25) is 10.0 Å². The number of carboxylic acid groups (broad SMARTS) is 1. The average molecular weight is 658 g/mol. The van der Waals surface area contributed by atoms with Crippen molar-refractivity contribution in [2.45, 2.75) is 30.8 Å². The van der Waals surface area contributed by atoms with Crippen LogP contribution >= 0.6 is 35.0 Å². The number of benzene rings is 4. The van der Waals surface area contributed by atoms with Crippen molar-refractivity contribution in [2.24, 2.45) is 0 Å². The number of aryl methyl sites for hydroxylation is 1. The van der Waals surface area contributed by atoms with Gasteiger partial charge in [-0.05, 0) is 84.0 Å². The number of sulfonamides is 1. The number of halogens is 2. The van der Waals surface area contributed by atoms with E-state index in [1.54, 1.807) is 48.5 Å². The van der Waals surface area contributed by atoms with Gasteiger partial charge in [-0.3, -0.25) is 9.10 Å². The van der Waals surface area contributed by atoms with E-state index < -0.39 is 27.9 Å². The van der Waals surface area contributed by atoms with Crippen LogP contribution in [0.25, 0.3) is 11.1 Å². The van der Waals surface area contributed by atoms with Gasteiger partial charge in [-0.15, -0.1) is 0 Å². The summed E-state index contributed by atoms with van der Waals surface area (Å²) in [7, 11) is -4.18. The summed E-state index contributed by atoms with van der Waals surface area (Å²) in [6, 6.07) is 24.5. The largest absolute Gasteiger partial charge is 0.480 e. The molecule has 7 nitrogen and oxygen atoms in total. The van der Waals surface area contributed by atoms with Crippen molar-refractivity contribution in [1.82, 2.24) is 5.32 Å². The van der Waals surface area contributed by atoms with Crippen molar-refractivity contribution in [2.75, 3.05) is 16.3 Å². The first-order valence-corrected chi connectivity index (χ1v) is 16.9. The third kappa shape index (κ3) is 7.54. The van der Waals surface area contributed by atoms with Crippen molar-refractivity contribution in [3.63, 3.8) is 0 Å². The Morgan fingerprint density at radius 2 is 1.63 bits per heavy atom. The van der Waals surface area contributed by atoms with E-state index in [1.807, 2.05) is 37.4 Å². The topological polar surface area (TPSA) is 104 Å². The highest BCUT2D eigenvalue weighted by Gasteiger charge is 2.29. The molecule has 0 radical (unpaired) electrons. The van der Waals surface area contributed by atoms with E-state index in [4.69, 9.17) is 23.2 Å².